The number of nitrogens with zero attached hydrogens (tertiary/aromatic N) is 1. The van der Waals surface area contributed by atoms with Crippen molar-refractivity contribution >= 4 is 49.4 Å². The molecule has 0 bridgehead atoms. The van der Waals surface area contributed by atoms with E-state index in [0.717, 1.165) is 159 Å². The molecule has 0 aliphatic heterocycles. The molecule has 0 saturated carbocycles. The van der Waals surface area contributed by atoms with Gasteiger partial charge in [-0.15, -0.1) is 12.8 Å². The third-order valence-corrected chi connectivity index (χ3v) is 25.6. The van der Waals surface area contributed by atoms with Crippen molar-refractivity contribution in [3.05, 3.63) is 268 Å². The number of aryl methyl sites for hydroxylation is 2. The van der Waals surface area contributed by atoms with Gasteiger partial charge in [0.25, 0.3) is 0 Å². The molecule has 0 aromatic heterocycles. The van der Waals surface area contributed by atoms with Crippen LogP contribution in [-0.2, 0) is 21.7 Å². The number of fused-ring (bicyclic) bond motifs is 17. The highest BCUT2D eigenvalue weighted by Crippen LogP contribution is 2.62. The van der Waals surface area contributed by atoms with Gasteiger partial charge in [-0.25, -0.2) is 0 Å². The van der Waals surface area contributed by atoms with Crippen molar-refractivity contribution in [3.63, 3.8) is 0 Å². The molecule has 12 aromatic rings. The molecule has 0 amide bonds. The fourth-order valence-electron chi connectivity index (χ4n) is 20.4. The third kappa shape index (κ3) is 12.8. The van der Waals surface area contributed by atoms with E-state index in [1.165, 1.54) is 129 Å². The molecule has 16 rings (SSSR count). The van der Waals surface area contributed by atoms with Crippen molar-refractivity contribution in [2.45, 2.75) is 193 Å². The van der Waals surface area contributed by atoms with Gasteiger partial charge in [0.05, 0.1) is 0 Å². The van der Waals surface area contributed by atoms with Crippen LogP contribution in [0.1, 0.15) is 213 Å². The Hall–Kier alpha value is -12.3. The molecule has 1 heteroatoms. The molecular weight excluding hydrogens is 1360 g/mol. The fraction of sp³-hybridized carbons (Fsp3) is 0.268. The van der Waals surface area contributed by atoms with Gasteiger partial charge in [-0.05, 0) is 322 Å². The molecule has 0 saturated heterocycles. The lowest BCUT2D eigenvalue weighted by Crippen LogP contribution is -2.26. The van der Waals surface area contributed by atoms with E-state index in [9.17, 15) is 0 Å². The van der Waals surface area contributed by atoms with E-state index in [1.54, 1.807) is 0 Å². The van der Waals surface area contributed by atoms with E-state index in [-0.39, 0.29) is 16.2 Å². The van der Waals surface area contributed by atoms with Crippen LogP contribution in [0.3, 0.4) is 0 Å². The third-order valence-electron chi connectivity index (χ3n) is 25.6. The van der Waals surface area contributed by atoms with Crippen LogP contribution in [0.4, 0.5) is 17.1 Å². The van der Waals surface area contributed by atoms with Gasteiger partial charge in [-0.3, -0.25) is 0 Å². The topological polar surface area (TPSA) is 3.24 Å². The average Bonchev–Trinajstić information content (AvgIpc) is 1.59. The number of terminal acetylenes is 2. The highest BCUT2D eigenvalue weighted by Gasteiger charge is 2.48. The average molecular weight is 1460 g/mol. The smallest absolute Gasteiger partial charge is 0.145 e. The molecule has 0 fully saturated rings. The number of hydrogen-bond donors (Lipinski definition) is 0. The number of anilines is 3. The van der Waals surface area contributed by atoms with Gasteiger partial charge in [0.2, 0.25) is 0 Å². The Morgan fingerprint density at radius 1 is 0.265 bits per heavy atom. The molecule has 0 atom stereocenters. The summed E-state index contributed by atoms with van der Waals surface area (Å²) in [5, 5.41) is 7.17. The molecule has 1 nitrogen and oxygen atoms in total. The largest absolute Gasteiger partial charge is 0.310 e. The first-order chi connectivity index (χ1) is 55.5. The second-order valence-electron chi connectivity index (χ2n) is 32.1. The van der Waals surface area contributed by atoms with Crippen LogP contribution in [-0.4, -0.2) is 0 Å². The predicted octanol–water partition coefficient (Wildman–Crippen LogP) is 28.1. The first-order valence-corrected chi connectivity index (χ1v) is 41.7. The molecule has 0 unspecified atom stereocenters. The minimum atomic E-state index is -1.31. The maximum Gasteiger partial charge on any atom is 0.145 e. The minimum absolute atomic E-state index is 0.0392. The van der Waals surface area contributed by atoms with Crippen molar-refractivity contribution in [2.75, 3.05) is 4.90 Å². The van der Waals surface area contributed by atoms with E-state index in [2.05, 4.69) is 355 Å². The van der Waals surface area contributed by atoms with Crippen molar-refractivity contribution in [1.82, 2.24) is 0 Å². The molecule has 12 aromatic carbocycles. The summed E-state index contributed by atoms with van der Waals surface area (Å²) < 4.78 is 0. The van der Waals surface area contributed by atoms with E-state index < -0.39 is 5.41 Å². The Morgan fingerprint density at radius 2 is 0.619 bits per heavy atom. The lowest BCUT2D eigenvalue weighted by Gasteiger charge is -2.35. The fourth-order valence-corrected chi connectivity index (χ4v) is 20.4. The molecule has 4 aliphatic rings. The van der Waals surface area contributed by atoms with Gasteiger partial charge in [-0.2, -0.15) is 0 Å². The highest BCUT2D eigenvalue weighted by atomic mass is 15.1. The van der Waals surface area contributed by atoms with Crippen LogP contribution >= 0.6 is 0 Å². The molecule has 4 aliphatic carbocycles. The molecule has 550 valence electrons. The van der Waals surface area contributed by atoms with Crippen LogP contribution in [0.5, 0.6) is 0 Å². The van der Waals surface area contributed by atoms with Gasteiger partial charge in [-0.1, -0.05) is 299 Å². The lowest BCUT2D eigenvalue weighted by atomic mass is 9.70. The zero-order chi connectivity index (χ0) is 77.9. The summed E-state index contributed by atoms with van der Waals surface area (Å²) in [6.45, 7) is 18.6. The Labute approximate surface area is 672 Å². The van der Waals surface area contributed by atoms with Crippen molar-refractivity contribution in [1.29, 1.82) is 0 Å². The summed E-state index contributed by atoms with van der Waals surface area (Å²) >= 11 is 0. The summed E-state index contributed by atoms with van der Waals surface area (Å²) in [6, 6.07) is 82.8. The van der Waals surface area contributed by atoms with E-state index in [1.807, 2.05) is 0 Å². The Balaban J connectivity index is 0.928. The van der Waals surface area contributed by atoms with Crippen LogP contribution in [0.25, 0.3) is 99.1 Å². The van der Waals surface area contributed by atoms with Gasteiger partial charge in [0, 0.05) is 33.3 Å². The first kappa shape index (κ1) is 74.8. The summed E-state index contributed by atoms with van der Waals surface area (Å²) in [6.07, 6.45) is 31.6. The molecule has 0 N–H and O–H groups in total. The summed E-state index contributed by atoms with van der Waals surface area (Å²) in [5.41, 5.74) is 29.7. The Morgan fingerprint density at radius 3 is 1.10 bits per heavy atom. The SMILES string of the molecule is C#CC#CC#CC#CC1(C#CC#CC#CC#C)c2cc(-c3cc4c5ccccc5c(-c5cccc6c5-c5ccccc5C6(CCCC)CCCC)cc4c4ccccc34)ccc2-c2ccc(N(c3ccc4c(c3)C(CCCC)(CCCC)c3cc(C)ccc3-4)c3ccc4c(c3)C(CCCC)(CCCC)c3cc(C)ccc3-4)cc21. The number of benzene rings is 12. The van der Waals surface area contributed by atoms with E-state index >= 15 is 0 Å². The second-order valence-corrected chi connectivity index (χ2v) is 32.1. The molecule has 0 heterocycles. The highest BCUT2D eigenvalue weighted by molar-refractivity contribution is 6.24. The zero-order valence-corrected chi connectivity index (χ0v) is 67.0. The predicted molar refractivity (Wildman–Crippen MR) is 480 cm³/mol. The van der Waals surface area contributed by atoms with Crippen LogP contribution < -0.4 is 4.90 Å². The maximum absolute atomic E-state index is 5.67. The van der Waals surface area contributed by atoms with Crippen molar-refractivity contribution < 1.29 is 0 Å². The quantitative estimate of drug-likeness (QED) is 0.0456. The summed E-state index contributed by atoms with van der Waals surface area (Å²) in [7, 11) is 0. The van der Waals surface area contributed by atoms with Crippen LogP contribution in [0, 0.1) is 110 Å². The number of unbranched alkanes of at least 4 members (excludes halogenated alkanes) is 6. The van der Waals surface area contributed by atoms with Gasteiger partial charge < -0.3 is 4.90 Å². The molecular formula is C112H97N. The van der Waals surface area contributed by atoms with Crippen molar-refractivity contribution in [3.8, 4) is 162 Å². The van der Waals surface area contributed by atoms with Gasteiger partial charge >= 0.3 is 0 Å². The zero-order valence-electron chi connectivity index (χ0n) is 67.0. The molecule has 113 heavy (non-hydrogen) atoms. The monoisotopic (exact) mass is 1460 g/mol. The van der Waals surface area contributed by atoms with E-state index in [4.69, 9.17) is 12.8 Å². The van der Waals surface area contributed by atoms with Crippen LogP contribution in [0.2, 0.25) is 0 Å². The number of rotatable bonds is 23. The van der Waals surface area contributed by atoms with Crippen LogP contribution in [0.15, 0.2) is 212 Å². The standard InChI is InChI=1S/C112H97N/c1-11-19-27-29-31-39-68-112(69-40-32-30-28-20-12-2)104-72-80(96-76-98-87-45-36-35-44-86(87)97(77-99(98)85-43-34-33-42-84(85)96)94-47-41-49-101-108(94)95-46-37-38-48-100(95)109(101,62-21-13-3)63-22-14-4)52-58-90(104)93-61-55-83(75-107(93)112)113(81-53-59-91-88-56-50-78(9)70-102(88)110(64-23-15-5,65-24-16-6)105(91)73-81)82-54-60-92-89-57-51-79(10)71-103(89)111(66-25-17-7,67-26-18-8)106(92)74-82/h1-2,33-38,41-61,70-77H,13-18,21-26,62-67H2,3-10H3. The lowest BCUT2D eigenvalue weighted by molar-refractivity contribution is 0.414. The summed E-state index contributed by atoms with van der Waals surface area (Å²) in [5.74, 6) is 42.3. The van der Waals surface area contributed by atoms with Gasteiger partial charge in [0.15, 0.2) is 0 Å². The summed E-state index contributed by atoms with van der Waals surface area (Å²) in [4.78, 5) is 2.55. The van der Waals surface area contributed by atoms with Crippen molar-refractivity contribution in [2.24, 2.45) is 0 Å². The first-order valence-electron chi connectivity index (χ1n) is 41.7. The molecule has 0 radical (unpaired) electrons. The van der Waals surface area contributed by atoms with Gasteiger partial charge in [0.1, 0.15) is 5.41 Å². The Kier molecular flexibility index (Phi) is 21.1. The normalized spacial score (nSPS) is 13.6. The minimum Gasteiger partial charge on any atom is -0.310 e. The maximum atomic E-state index is 5.67. The number of hydrogen-bond acceptors (Lipinski definition) is 1. The molecule has 0 spiro atoms. The second kappa shape index (κ2) is 31.8. The van der Waals surface area contributed by atoms with E-state index in [0.29, 0.717) is 0 Å². The Bertz CT molecular complexity index is 6130.